The van der Waals surface area contributed by atoms with E-state index in [1.54, 1.807) is 24.3 Å². The molecule has 2 rings (SSSR count). The molecule has 0 fully saturated rings. The van der Waals surface area contributed by atoms with Crippen LogP contribution in [-0.2, 0) is 4.79 Å². The molecule has 3 nitrogen and oxygen atoms in total. The van der Waals surface area contributed by atoms with E-state index in [4.69, 9.17) is 23.2 Å². The van der Waals surface area contributed by atoms with Gasteiger partial charge in [-0.25, -0.2) is 4.99 Å². The summed E-state index contributed by atoms with van der Waals surface area (Å²) in [4.78, 5) is 15.7. The van der Waals surface area contributed by atoms with Crippen LogP contribution < -0.4 is 5.32 Å². The minimum absolute atomic E-state index is 0.187. The van der Waals surface area contributed by atoms with Crippen molar-refractivity contribution in [3.8, 4) is 0 Å². The molecule has 1 aliphatic rings. The van der Waals surface area contributed by atoms with Gasteiger partial charge in [0.05, 0.1) is 10.0 Å². The van der Waals surface area contributed by atoms with E-state index in [0.29, 0.717) is 28.0 Å². The van der Waals surface area contributed by atoms with Crippen molar-refractivity contribution in [1.29, 1.82) is 0 Å². The maximum Gasteiger partial charge on any atom is 0.275 e. The first-order valence-electron chi connectivity index (χ1n) is 5.16. The molecule has 0 aliphatic carbocycles. The summed E-state index contributed by atoms with van der Waals surface area (Å²) in [6.45, 7) is 1.93. The number of hydrogen-bond donors (Lipinski definition) is 1. The fraction of sp³-hybridized carbons (Fsp3) is 0.167. The van der Waals surface area contributed by atoms with Crippen LogP contribution in [0.3, 0.4) is 0 Å². The normalized spacial score (nSPS) is 17.2. The number of hydrogen-bond acceptors (Lipinski definition) is 2. The second-order valence-electron chi connectivity index (χ2n) is 3.57. The summed E-state index contributed by atoms with van der Waals surface area (Å²) in [5.41, 5.74) is 1.19. The first-order valence-corrected chi connectivity index (χ1v) is 5.91. The van der Waals surface area contributed by atoms with Gasteiger partial charge in [0.1, 0.15) is 11.5 Å². The van der Waals surface area contributed by atoms with Gasteiger partial charge in [-0.05, 0) is 23.8 Å². The Bertz CT molecular complexity index is 535. The van der Waals surface area contributed by atoms with Gasteiger partial charge in [0.15, 0.2) is 0 Å². The number of aliphatic imine (C=N–C) groups is 1. The lowest BCUT2D eigenvalue weighted by Gasteiger charge is -1.98. The van der Waals surface area contributed by atoms with Crippen molar-refractivity contribution >= 4 is 41.0 Å². The number of nitrogens with one attached hydrogen (secondary N) is 1. The molecule has 17 heavy (non-hydrogen) atoms. The molecule has 0 atom stereocenters. The Balaban J connectivity index is 2.33. The lowest BCUT2D eigenvalue weighted by atomic mass is 10.2. The van der Waals surface area contributed by atoms with E-state index in [1.165, 1.54) is 0 Å². The van der Waals surface area contributed by atoms with Crippen LogP contribution in [0.15, 0.2) is 28.9 Å². The molecule has 1 amide bonds. The quantitative estimate of drug-likeness (QED) is 0.822. The number of rotatable bonds is 2. The number of amides is 1. The van der Waals surface area contributed by atoms with Gasteiger partial charge in [-0.3, -0.25) is 4.79 Å². The smallest absolute Gasteiger partial charge is 0.275 e. The number of carbonyl (C=O) groups excluding carboxylic acids is 1. The summed E-state index contributed by atoms with van der Waals surface area (Å²) in [6.07, 6.45) is 2.38. The molecule has 0 unspecified atom stereocenters. The van der Waals surface area contributed by atoms with Crippen LogP contribution in [0.25, 0.3) is 6.08 Å². The fourth-order valence-corrected chi connectivity index (χ4v) is 1.75. The van der Waals surface area contributed by atoms with E-state index in [9.17, 15) is 4.79 Å². The van der Waals surface area contributed by atoms with Crippen LogP contribution >= 0.6 is 23.2 Å². The minimum Gasteiger partial charge on any atom is -0.309 e. The van der Waals surface area contributed by atoms with Crippen LogP contribution in [0, 0.1) is 0 Å². The second-order valence-corrected chi connectivity index (χ2v) is 4.38. The Morgan fingerprint density at radius 3 is 2.71 bits per heavy atom. The highest BCUT2D eigenvalue weighted by Crippen LogP contribution is 2.24. The molecule has 0 aromatic heterocycles. The van der Waals surface area contributed by atoms with Gasteiger partial charge in [0.2, 0.25) is 0 Å². The molecule has 0 saturated heterocycles. The number of nitrogens with zero attached hydrogens (tertiary/aromatic N) is 1. The average Bonchev–Trinajstić information content (AvgIpc) is 2.65. The third-order valence-electron chi connectivity index (χ3n) is 2.33. The number of halogens is 2. The van der Waals surface area contributed by atoms with Crippen molar-refractivity contribution in [3.05, 3.63) is 39.5 Å². The van der Waals surface area contributed by atoms with E-state index >= 15 is 0 Å². The van der Waals surface area contributed by atoms with Crippen LogP contribution in [0.5, 0.6) is 0 Å². The summed E-state index contributed by atoms with van der Waals surface area (Å²) < 4.78 is 0. The predicted molar refractivity (Wildman–Crippen MR) is 70.3 cm³/mol. The molecule has 1 heterocycles. The molecule has 5 heteroatoms. The van der Waals surface area contributed by atoms with E-state index in [1.807, 2.05) is 6.92 Å². The lowest BCUT2D eigenvalue weighted by Crippen LogP contribution is -2.22. The highest BCUT2D eigenvalue weighted by molar-refractivity contribution is 6.42. The highest BCUT2D eigenvalue weighted by Gasteiger charge is 2.18. The highest BCUT2D eigenvalue weighted by atomic mass is 35.5. The lowest BCUT2D eigenvalue weighted by molar-refractivity contribution is -0.115. The summed E-state index contributed by atoms with van der Waals surface area (Å²) in [6, 6.07) is 5.17. The molecule has 0 radical (unpaired) electrons. The molecular formula is C12H10Cl2N2O. The van der Waals surface area contributed by atoms with E-state index in [0.717, 1.165) is 5.56 Å². The predicted octanol–water partition coefficient (Wildman–Crippen LogP) is 3.27. The summed E-state index contributed by atoms with van der Waals surface area (Å²) in [5.74, 6) is 0.495. The topological polar surface area (TPSA) is 41.5 Å². The van der Waals surface area contributed by atoms with Crippen molar-refractivity contribution in [2.45, 2.75) is 13.3 Å². The Hall–Kier alpha value is -1.32. The van der Waals surface area contributed by atoms with Crippen molar-refractivity contribution in [3.63, 3.8) is 0 Å². The van der Waals surface area contributed by atoms with E-state index < -0.39 is 0 Å². The Morgan fingerprint density at radius 2 is 2.12 bits per heavy atom. The third kappa shape index (κ3) is 2.68. The zero-order valence-electron chi connectivity index (χ0n) is 9.13. The third-order valence-corrected chi connectivity index (χ3v) is 3.07. The Morgan fingerprint density at radius 1 is 1.35 bits per heavy atom. The maximum absolute atomic E-state index is 11.5. The van der Waals surface area contributed by atoms with Crippen LogP contribution in [0.1, 0.15) is 18.9 Å². The first-order chi connectivity index (χ1) is 8.10. The molecule has 1 aromatic rings. The second kappa shape index (κ2) is 4.90. The van der Waals surface area contributed by atoms with Crippen LogP contribution in [0.4, 0.5) is 0 Å². The summed E-state index contributed by atoms with van der Waals surface area (Å²) >= 11 is 11.7. The molecular weight excluding hydrogens is 259 g/mol. The summed E-state index contributed by atoms with van der Waals surface area (Å²) in [5, 5.41) is 3.63. The van der Waals surface area contributed by atoms with Gasteiger partial charge in [-0.1, -0.05) is 36.2 Å². The van der Waals surface area contributed by atoms with Gasteiger partial charge < -0.3 is 5.32 Å². The van der Waals surface area contributed by atoms with Crippen LogP contribution in [-0.4, -0.2) is 11.7 Å². The molecule has 1 aromatic carbocycles. The largest absolute Gasteiger partial charge is 0.309 e. The van der Waals surface area contributed by atoms with Crippen molar-refractivity contribution < 1.29 is 4.79 Å². The van der Waals surface area contributed by atoms with Gasteiger partial charge in [-0.15, -0.1) is 0 Å². The maximum atomic E-state index is 11.5. The standard InChI is InChI=1S/C12H10Cl2N2O/c1-2-11-15-10(12(17)16-11)6-7-3-4-8(13)9(14)5-7/h3-6H,2H2,1H3,(H,15,16,17)/b10-6+. The Kier molecular flexibility index (Phi) is 3.50. The zero-order valence-corrected chi connectivity index (χ0v) is 10.6. The molecule has 88 valence electrons. The SMILES string of the molecule is CCC1=N/C(=C/c2ccc(Cl)c(Cl)c2)C(=O)N1. The molecule has 0 bridgehead atoms. The molecule has 1 aliphatic heterocycles. The molecule has 0 saturated carbocycles. The van der Waals surface area contributed by atoms with Gasteiger partial charge >= 0.3 is 0 Å². The number of carbonyl (C=O) groups is 1. The molecule has 1 N–H and O–H groups in total. The first kappa shape index (κ1) is 12.1. The summed E-state index contributed by atoms with van der Waals surface area (Å²) in [7, 11) is 0. The van der Waals surface area contributed by atoms with Gasteiger partial charge in [0, 0.05) is 6.42 Å². The van der Waals surface area contributed by atoms with Crippen molar-refractivity contribution in [2.24, 2.45) is 4.99 Å². The van der Waals surface area contributed by atoms with Gasteiger partial charge in [0.25, 0.3) is 5.91 Å². The van der Waals surface area contributed by atoms with Gasteiger partial charge in [-0.2, -0.15) is 0 Å². The fourth-order valence-electron chi connectivity index (χ4n) is 1.44. The number of amidine groups is 1. The monoisotopic (exact) mass is 268 g/mol. The Labute approximate surface area is 109 Å². The van der Waals surface area contributed by atoms with E-state index in [2.05, 4.69) is 10.3 Å². The molecule has 0 spiro atoms. The minimum atomic E-state index is -0.187. The van der Waals surface area contributed by atoms with Crippen LogP contribution in [0.2, 0.25) is 10.0 Å². The zero-order chi connectivity index (χ0) is 12.4. The average molecular weight is 269 g/mol. The van der Waals surface area contributed by atoms with E-state index in [-0.39, 0.29) is 5.91 Å². The number of benzene rings is 1. The van der Waals surface area contributed by atoms with Crippen molar-refractivity contribution in [1.82, 2.24) is 5.32 Å². The van der Waals surface area contributed by atoms with Crippen molar-refractivity contribution in [2.75, 3.05) is 0 Å².